The fraction of sp³-hybridized carbons (Fsp3) is 0.500. The maximum absolute atomic E-state index is 13.6. The molecule has 1 amide bonds. The average Bonchev–Trinajstić information content (AvgIpc) is 3.01. The number of para-hydroxylation sites is 1. The van der Waals surface area contributed by atoms with E-state index < -0.39 is 50.4 Å². The Morgan fingerprint density at radius 3 is 2.61 bits per heavy atom. The van der Waals surface area contributed by atoms with E-state index in [4.69, 9.17) is 18.5 Å². The lowest BCUT2D eigenvalue weighted by atomic mass is 9.95. The zero-order valence-electron chi connectivity index (χ0n) is 20.7. The molecule has 0 bridgehead atoms. The van der Waals surface area contributed by atoms with Gasteiger partial charge in [0.15, 0.2) is 6.23 Å². The second-order valence-electron chi connectivity index (χ2n) is 9.18. The summed E-state index contributed by atoms with van der Waals surface area (Å²) in [5.41, 5.74) is -1.26. The van der Waals surface area contributed by atoms with Crippen molar-refractivity contribution in [3.63, 3.8) is 0 Å². The van der Waals surface area contributed by atoms with Crippen molar-refractivity contribution in [3.05, 3.63) is 54.8 Å². The number of hydrogen-bond acceptors (Lipinski definition) is 9. The summed E-state index contributed by atoms with van der Waals surface area (Å²) in [6, 6.07) is 7.12. The quantitative estimate of drug-likeness (QED) is 0.308. The summed E-state index contributed by atoms with van der Waals surface area (Å²) in [5, 5.41) is 24.2. The second kappa shape index (κ2) is 11.2. The number of esters is 1. The summed E-state index contributed by atoms with van der Waals surface area (Å²) < 4.78 is 35.7. The SMILES string of the molecule is C=C1C=CN([C@@H]2O[C@H](CO[P@@](=O)(N[C@@H](C)C(=O)OC(C)C)Oc3ccccc3)[C@@H](O)[C@]2(C)O)C(=O)C1. The van der Waals surface area contributed by atoms with E-state index >= 15 is 0 Å². The van der Waals surface area contributed by atoms with Crippen LogP contribution in [-0.4, -0.2) is 69.8 Å². The maximum atomic E-state index is 13.6. The Kier molecular flexibility index (Phi) is 8.76. The molecule has 0 unspecified atom stereocenters. The van der Waals surface area contributed by atoms with Crippen molar-refractivity contribution < 1.29 is 42.9 Å². The smallest absolute Gasteiger partial charge is 0.459 e. The third-order valence-corrected chi connectivity index (χ3v) is 7.22. The largest absolute Gasteiger partial charge is 0.462 e. The maximum Gasteiger partial charge on any atom is 0.459 e. The number of hydrogen-bond donors (Lipinski definition) is 3. The van der Waals surface area contributed by atoms with Crippen molar-refractivity contribution in [2.24, 2.45) is 0 Å². The van der Waals surface area contributed by atoms with Crippen molar-refractivity contribution in [2.75, 3.05) is 6.61 Å². The minimum atomic E-state index is -4.22. The van der Waals surface area contributed by atoms with E-state index in [0.29, 0.717) is 5.57 Å². The topological polar surface area (TPSA) is 144 Å². The molecule has 6 atom stereocenters. The van der Waals surface area contributed by atoms with E-state index in [9.17, 15) is 24.4 Å². The minimum Gasteiger partial charge on any atom is -0.462 e. The molecule has 198 valence electrons. The first-order valence-electron chi connectivity index (χ1n) is 11.5. The summed E-state index contributed by atoms with van der Waals surface area (Å²) in [6.07, 6.45) is -1.21. The number of carbonyl (C=O) groups excluding carboxylic acids is 2. The zero-order valence-corrected chi connectivity index (χ0v) is 21.6. The fourth-order valence-corrected chi connectivity index (χ4v) is 5.21. The zero-order chi connectivity index (χ0) is 26.7. The van der Waals surface area contributed by atoms with Gasteiger partial charge in [0.05, 0.1) is 19.1 Å². The summed E-state index contributed by atoms with van der Waals surface area (Å²) in [5.74, 6) is -0.818. The lowest BCUT2D eigenvalue weighted by molar-refractivity contribution is -0.156. The molecular formula is C24H33N2O9P. The lowest BCUT2D eigenvalue weighted by Crippen LogP contribution is -2.53. The number of ether oxygens (including phenoxy) is 2. The molecule has 0 saturated carbocycles. The third-order valence-electron chi connectivity index (χ3n) is 5.58. The molecule has 3 N–H and O–H groups in total. The number of nitrogens with zero attached hydrogens (tertiary/aromatic N) is 1. The van der Waals surface area contributed by atoms with Crippen LogP contribution in [0.15, 0.2) is 54.8 Å². The number of benzene rings is 1. The molecule has 2 aliphatic rings. The molecule has 11 nitrogen and oxygen atoms in total. The highest BCUT2D eigenvalue weighted by atomic mass is 31.2. The van der Waals surface area contributed by atoms with Gasteiger partial charge in [0.1, 0.15) is 29.6 Å². The van der Waals surface area contributed by atoms with E-state index in [1.165, 1.54) is 24.9 Å². The number of carbonyl (C=O) groups is 2. The van der Waals surface area contributed by atoms with Gasteiger partial charge in [-0.05, 0) is 51.5 Å². The molecule has 2 aliphatic heterocycles. The molecule has 36 heavy (non-hydrogen) atoms. The van der Waals surface area contributed by atoms with Crippen LogP contribution >= 0.6 is 7.75 Å². The van der Waals surface area contributed by atoms with Crippen LogP contribution in [0.1, 0.15) is 34.1 Å². The van der Waals surface area contributed by atoms with Gasteiger partial charge in [-0.1, -0.05) is 24.8 Å². The third kappa shape index (κ3) is 6.61. The first-order valence-corrected chi connectivity index (χ1v) is 13.1. The van der Waals surface area contributed by atoms with Crippen LogP contribution in [0.3, 0.4) is 0 Å². The summed E-state index contributed by atoms with van der Waals surface area (Å²) in [4.78, 5) is 25.9. The average molecular weight is 525 g/mol. The number of rotatable bonds is 10. The number of aliphatic hydroxyl groups is 2. The predicted molar refractivity (Wildman–Crippen MR) is 129 cm³/mol. The Balaban J connectivity index is 1.76. The second-order valence-corrected chi connectivity index (χ2v) is 10.9. The van der Waals surface area contributed by atoms with Gasteiger partial charge in [-0.25, -0.2) is 4.57 Å². The molecular weight excluding hydrogens is 491 g/mol. The van der Waals surface area contributed by atoms with Gasteiger partial charge >= 0.3 is 13.7 Å². The van der Waals surface area contributed by atoms with Crippen LogP contribution in [0.25, 0.3) is 0 Å². The van der Waals surface area contributed by atoms with Gasteiger partial charge in [-0.15, -0.1) is 0 Å². The van der Waals surface area contributed by atoms with E-state index in [1.54, 1.807) is 50.3 Å². The van der Waals surface area contributed by atoms with Crippen molar-refractivity contribution in [2.45, 2.75) is 70.3 Å². The van der Waals surface area contributed by atoms with Crippen LogP contribution in [0, 0.1) is 0 Å². The minimum absolute atomic E-state index is 0.0398. The van der Waals surface area contributed by atoms with Gasteiger partial charge < -0.3 is 24.2 Å². The Hall–Kier alpha value is -2.53. The lowest BCUT2D eigenvalue weighted by Gasteiger charge is -2.35. The molecule has 2 heterocycles. The molecule has 3 rings (SSSR count). The van der Waals surface area contributed by atoms with Crippen LogP contribution in [-0.2, 0) is 28.2 Å². The molecule has 0 aliphatic carbocycles. The highest BCUT2D eigenvalue weighted by molar-refractivity contribution is 7.52. The molecule has 12 heteroatoms. The number of allylic oxidation sites excluding steroid dienone is 1. The van der Waals surface area contributed by atoms with E-state index in [1.807, 2.05) is 0 Å². The monoisotopic (exact) mass is 524 g/mol. The number of nitrogens with one attached hydrogen (secondary N) is 1. The Labute approximate surface area is 210 Å². The van der Waals surface area contributed by atoms with Crippen molar-refractivity contribution in [3.8, 4) is 5.75 Å². The van der Waals surface area contributed by atoms with Crippen LogP contribution < -0.4 is 9.61 Å². The Bertz CT molecular complexity index is 1040. The normalized spacial score (nSPS) is 28.8. The fourth-order valence-electron chi connectivity index (χ4n) is 3.71. The summed E-state index contributed by atoms with van der Waals surface area (Å²) in [7, 11) is -4.22. The molecule has 0 spiro atoms. The molecule has 1 fully saturated rings. The molecule has 1 aromatic rings. The van der Waals surface area contributed by atoms with Crippen molar-refractivity contribution in [1.29, 1.82) is 0 Å². The highest BCUT2D eigenvalue weighted by Crippen LogP contribution is 2.46. The van der Waals surface area contributed by atoms with Crippen LogP contribution in [0.4, 0.5) is 0 Å². The first-order chi connectivity index (χ1) is 16.8. The van der Waals surface area contributed by atoms with Crippen molar-refractivity contribution in [1.82, 2.24) is 9.99 Å². The van der Waals surface area contributed by atoms with Gasteiger partial charge in [0.25, 0.3) is 0 Å². The van der Waals surface area contributed by atoms with E-state index in [2.05, 4.69) is 11.7 Å². The number of aliphatic hydroxyl groups excluding tert-OH is 1. The van der Waals surface area contributed by atoms with E-state index in [-0.39, 0.29) is 24.2 Å². The first kappa shape index (κ1) is 28.0. The van der Waals surface area contributed by atoms with Gasteiger partial charge in [0, 0.05) is 6.20 Å². The predicted octanol–water partition coefficient (Wildman–Crippen LogP) is 2.26. The van der Waals surface area contributed by atoms with Crippen LogP contribution in [0.5, 0.6) is 5.75 Å². The Morgan fingerprint density at radius 1 is 1.33 bits per heavy atom. The molecule has 0 radical (unpaired) electrons. The van der Waals surface area contributed by atoms with Gasteiger partial charge in [0.2, 0.25) is 5.91 Å². The standard InChI is InChI=1S/C24H33N2O9P/c1-15(2)33-22(29)17(4)25-36(31,35-18-9-7-6-8-10-18)32-14-19-21(28)24(5,30)23(34-19)26-12-11-16(3)13-20(26)27/h6-12,15,17,19,21,23,28,30H,3,13-14H2,1-2,4-5H3,(H,25,31)/t17-,19+,21+,23+,24-,36-/m0/s1. The Morgan fingerprint density at radius 2 is 2.00 bits per heavy atom. The van der Waals surface area contributed by atoms with Crippen molar-refractivity contribution >= 4 is 19.6 Å². The summed E-state index contributed by atoms with van der Waals surface area (Å²) in [6.45, 7) is 9.39. The molecule has 0 aromatic heterocycles. The van der Waals surface area contributed by atoms with Gasteiger partial charge in [-0.3, -0.25) is 19.0 Å². The van der Waals surface area contributed by atoms with Crippen LogP contribution in [0.2, 0.25) is 0 Å². The summed E-state index contributed by atoms with van der Waals surface area (Å²) >= 11 is 0. The number of amides is 1. The highest BCUT2D eigenvalue weighted by Gasteiger charge is 2.56. The van der Waals surface area contributed by atoms with Gasteiger partial charge in [-0.2, -0.15) is 5.09 Å². The molecule has 1 aromatic carbocycles. The van der Waals surface area contributed by atoms with E-state index in [0.717, 1.165) is 0 Å². The molecule has 1 saturated heterocycles.